The lowest BCUT2D eigenvalue weighted by molar-refractivity contribution is -0.144. The van der Waals surface area contributed by atoms with Crippen molar-refractivity contribution in [2.24, 2.45) is 11.3 Å². The fourth-order valence-electron chi connectivity index (χ4n) is 3.25. The quantitative estimate of drug-likeness (QED) is 0.711. The van der Waals surface area contributed by atoms with Gasteiger partial charge in [-0.3, -0.25) is 4.79 Å². The van der Waals surface area contributed by atoms with Crippen LogP contribution in [0.4, 0.5) is 0 Å². The Morgan fingerprint density at radius 2 is 1.88 bits per heavy atom. The highest BCUT2D eigenvalue weighted by molar-refractivity contribution is 5.69. The van der Waals surface area contributed by atoms with Crippen molar-refractivity contribution >= 4 is 5.97 Å². The van der Waals surface area contributed by atoms with Gasteiger partial charge in [0.1, 0.15) is 0 Å². The molecule has 0 aromatic carbocycles. The predicted octanol–water partition coefficient (Wildman–Crippen LogP) is 2.93. The molecule has 0 aromatic rings. The molecule has 1 saturated carbocycles. The van der Waals surface area contributed by atoms with Crippen molar-refractivity contribution in [1.82, 2.24) is 0 Å². The third kappa shape index (κ3) is 3.44. The summed E-state index contributed by atoms with van der Waals surface area (Å²) in [5.74, 6) is 0.544. The summed E-state index contributed by atoms with van der Waals surface area (Å²) >= 11 is 0. The van der Waals surface area contributed by atoms with E-state index in [9.17, 15) is 4.79 Å². The van der Waals surface area contributed by atoms with Crippen LogP contribution < -0.4 is 0 Å². The molecule has 1 aliphatic carbocycles. The summed E-state index contributed by atoms with van der Waals surface area (Å²) in [6.07, 6.45) is 8.01. The molecule has 1 aliphatic heterocycles. The van der Waals surface area contributed by atoms with E-state index in [4.69, 9.17) is 9.47 Å². The normalized spacial score (nSPS) is 24.8. The van der Waals surface area contributed by atoms with E-state index in [2.05, 4.69) is 0 Å². The van der Waals surface area contributed by atoms with Crippen molar-refractivity contribution in [1.29, 1.82) is 0 Å². The lowest BCUT2D eigenvalue weighted by Crippen LogP contribution is -2.34. The lowest BCUT2D eigenvalue weighted by Gasteiger charge is -2.42. The largest absolute Gasteiger partial charge is 0.466 e. The highest BCUT2D eigenvalue weighted by Gasteiger charge is 2.37. The van der Waals surface area contributed by atoms with Crippen molar-refractivity contribution < 1.29 is 14.3 Å². The first-order valence-electron chi connectivity index (χ1n) is 6.97. The van der Waals surface area contributed by atoms with Crippen molar-refractivity contribution in [3.63, 3.8) is 0 Å². The lowest BCUT2D eigenvalue weighted by atomic mass is 9.66. The Labute approximate surface area is 104 Å². The summed E-state index contributed by atoms with van der Waals surface area (Å²) in [5, 5.41) is 0. The number of ether oxygens (including phenoxy) is 2. The monoisotopic (exact) mass is 240 g/mol. The summed E-state index contributed by atoms with van der Waals surface area (Å²) in [6, 6.07) is 0. The summed E-state index contributed by atoms with van der Waals surface area (Å²) in [4.78, 5) is 11.4. The number of rotatable bonds is 3. The second-order valence-electron chi connectivity index (χ2n) is 5.56. The van der Waals surface area contributed by atoms with E-state index < -0.39 is 0 Å². The van der Waals surface area contributed by atoms with Gasteiger partial charge in [-0.25, -0.2) is 0 Å². The molecular formula is C14H24O3. The first-order chi connectivity index (χ1) is 8.24. The minimum absolute atomic E-state index is 0.0135. The summed E-state index contributed by atoms with van der Waals surface area (Å²) < 4.78 is 10.5. The molecule has 2 fully saturated rings. The smallest absolute Gasteiger partial charge is 0.306 e. The fraction of sp³-hybridized carbons (Fsp3) is 0.929. The Balaban J connectivity index is 1.75. The topological polar surface area (TPSA) is 35.5 Å². The predicted molar refractivity (Wildman–Crippen MR) is 65.7 cm³/mol. The number of hydrogen-bond donors (Lipinski definition) is 0. The fourth-order valence-corrected chi connectivity index (χ4v) is 3.25. The van der Waals surface area contributed by atoms with Gasteiger partial charge < -0.3 is 9.47 Å². The summed E-state index contributed by atoms with van der Waals surface area (Å²) in [6.45, 7) is 4.24. The third-order valence-electron chi connectivity index (χ3n) is 4.48. The van der Waals surface area contributed by atoms with Crippen LogP contribution in [0, 0.1) is 11.3 Å². The highest BCUT2D eigenvalue weighted by Crippen LogP contribution is 2.46. The molecule has 1 saturated heterocycles. The number of hydrogen-bond acceptors (Lipinski definition) is 3. The van der Waals surface area contributed by atoms with Crippen LogP contribution >= 0.6 is 0 Å². The van der Waals surface area contributed by atoms with Crippen LogP contribution in [-0.4, -0.2) is 25.8 Å². The van der Waals surface area contributed by atoms with Gasteiger partial charge in [-0.05, 0) is 56.8 Å². The molecule has 17 heavy (non-hydrogen) atoms. The molecule has 3 heteroatoms. The molecule has 1 heterocycles. The van der Waals surface area contributed by atoms with E-state index in [1.165, 1.54) is 38.5 Å². The maximum absolute atomic E-state index is 11.4. The molecule has 2 rings (SSSR count). The molecule has 0 amide bonds. The van der Waals surface area contributed by atoms with Crippen LogP contribution in [0.25, 0.3) is 0 Å². The Kier molecular flexibility index (Phi) is 4.43. The Bertz CT molecular complexity index is 246. The van der Waals surface area contributed by atoms with E-state index in [0.29, 0.717) is 24.4 Å². The van der Waals surface area contributed by atoms with Crippen molar-refractivity contribution in [3.05, 3.63) is 0 Å². The van der Waals surface area contributed by atoms with Crippen LogP contribution in [-0.2, 0) is 14.3 Å². The molecule has 2 aliphatic rings. The van der Waals surface area contributed by atoms with E-state index in [0.717, 1.165) is 13.2 Å². The Morgan fingerprint density at radius 1 is 1.24 bits per heavy atom. The summed E-state index contributed by atoms with van der Waals surface area (Å²) in [5.41, 5.74) is 0.545. The van der Waals surface area contributed by atoms with Crippen molar-refractivity contribution in [2.45, 2.75) is 51.9 Å². The molecular weight excluding hydrogens is 216 g/mol. The second-order valence-corrected chi connectivity index (χ2v) is 5.56. The zero-order chi connectivity index (χ0) is 12.1. The molecule has 0 bridgehead atoms. The zero-order valence-corrected chi connectivity index (χ0v) is 10.9. The maximum Gasteiger partial charge on any atom is 0.306 e. The number of esters is 1. The standard InChI is InChI=1S/C14H24O3/c1-2-17-13(15)11-12-3-5-14(6-4-12)7-9-16-10-8-14/h12H,2-11H2,1H3. The zero-order valence-electron chi connectivity index (χ0n) is 10.9. The number of carbonyl (C=O) groups is 1. The van der Waals surface area contributed by atoms with Crippen LogP contribution in [0.2, 0.25) is 0 Å². The molecule has 0 aromatic heterocycles. The van der Waals surface area contributed by atoms with Crippen molar-refractivity contribution in [3.8, 4) is 0 Å². The molecule has 98 valence electrons. The molecule has 3 nitrogen and oxygen atoms in total. The maximum atomic E-state index is 11.4. The minimum atomic E-state index is -0.0135. The Hall–Kier alpha value is -0.570. The van der Waals surface area contributed by atoms with E-state index in [1.807, 2.05) is 6.92 Å². The van der Waals surface area contributed by atoms with Gasteiger partial charge in [-0.15, -0.1) is 0 Å². The highest BCUT2D eigenvalue weighted by atomic mass is 16.5. The number of carbonyl (C=O) groups excluding carboxylic acids is 1. The first kappa shape index (κ1) is 12.9. The van der Waals surface area contributed by atoms with Crippen LogP contribution in [0.1, 0.15) is 51.9 Å². The van der Waals surface area contributed by atoms with E-state index in [1.54, 1.807) is 0 Å². The van der Waals surface area contributed by atoms with Crippen LogP contribution in [0.15, 0.2) is 0 Å². The molecule has 0 unspecified atom stereocenters. The van der Waals surface area contributed by atoms with Gasteiger partial charge in [0.05, 0.1) is 6.61 Å². The van der Waals surface area contributed by atoms with Gasteiger partial charge in [0, 0.05) is 19.6 Å². The van der Waals surface area contributed by atoms with Gasteiger partial charge in [-0.2, -0.15) is 0 Å². The van der Waals surface area contributed by atoms with Crippen LogP contribution in [0.5, 0.6) is 0 Å². The minimum Gasteiger partial charge on any atom is -0.466 e. The first-order valence-corrected chi connectivity index (χ1v) is 6.97. The van der Waals surface area contributed by atoms with E-state index in [-0.39, 0.29) is 5.97 Å². The van der Waals surface area contributed by atoms with Gasteiger partial charge >= 0.3 is 5.97 Å². The average molecular weight is 240 g/mol. The molecule has 1 spiro atoms. The van der Waals surface area contributed by atoms with E-state index >= 15 is 0 Å². The average Bonchev–Trinajstić information content (AvgIpc) is 2.34. The molecule has 0 atom stereocenters. The van der Waals surface area contributed by atoms with Gasteiger partial charge in [0.15, 0.2) is 0 Å². The SMILES string of the molecule is CCOC(=O)CC1CCC2(CCOCC2)CC1. The van der Waals surface area contributed by atoms with Gasteiger partial charge in [-0.1, -0.05) is 0 Å². The van der Waals surface area contributed by atoms with Gasteiger partial charge in [0.25, 0.3) is 0 Å². The van der Waals surface area contributed by atoms with Gasteiger partial charge in [0.2, 0.25) is 0 Å². The summed E-state index contributed by atoms with van der Waals surface area (Å²) in [7, 11) is 0. The Morgan fingerprint density at radius 3 is 2.47 bits per heavy atom. The second kappa shape index (κ2) is 5.85. The van der Waals surface area contributed by atoms with Crippen molar-refractivity contribution in [2.75, 3.05) is 19.8 Å². The van der Waals surface area contributed by atoms with Crippen LogP contribution in [0.3, 0.4) is 0 Å². The third-order valence-corrected chi connectivity index (χ3v) is 4.48. The molecule has 0 N–H and O–H groups in total. The molecule has 0 radical (unpaired) electrons.